The third-order valence-corrected chi connectivity index (χ3v) is 2.47. The Morgan fingerprint density at radius 3 is 2.50 bits per heavy atom. The monoisotopic (exact) mass is 242 g/mol. The summed E-state index contributed by atoms with van der Waals surface area (Å²) in [6.07, 6.45) is 1.68. The first-order valence-electron chi connectivity index (χ1n) is 5.53. The van der Waals surface area contributed by atoms with Crippen molar-refractivity contribution in [3.05, 3.63) is 47.4 Å². The molecule has 0 aliphatic heterocycles. The Kier molecular flexibility index (Phi) is 3.23. The van der Waals surface area contributed by atoms with Gasteiger partial charge in [0.15, 0.2) is 0 Å². The molecule has 0 fully saturated rings. The first kappa shape index (κ1) is 12.0. The maximum atomic E-state index is 11.3. The van der Waals surface area contributed by atoms with Crippen molar-refractivity contribution in [3.8, 4) is 0 Å². The van der Waals surface area contributed by atoms with Gasteiger partial charge in [-0.25, -0.2) is 4.98 Å². The number of aromatic nitrogens is 2. The Morgan fingerprint density at radius 2 is 1.89 bits per heavy atom. The number of anilines is 2. The number of carbonyl (C=O) groups is 1. The van der Waals surface area contributed by atoms with Crippen LogP contribution in [0, 0.1) is 13.8 Å². The number of hydrogen-bond donors (Lipinski definition) is 2. The fourth-order valence-corrected chi connectivity index (χ4v) is 1.53. The van der Waals surface area contributed by atoms with Gasteiger partial charge in [0.05, 0.1) is 17.4 Å². The van der Waals surface area contributed by atoms with Gasteiger partial charge in [-0.15, -0.1) is 0 Å². The lowest BCUT2D eigenvalue weighted by molar-refractivity contribution is 0.100. The summed E-state index contributed by atoms with van der Waals surface area (Å²) in [6.45, 7) is 3.76. The van der Waals surface area contributed by atoms with Crippen LogP contribution in [0.4, 0.5) is 11.5 Å². The minimum absolute atomic E-state index is 0.362. The summed E-state index contributed by atoms with van der Waals surface area (Å²) in [5, 5.41) is 3.05. The number of nitrogens with zero attached hydrogens (tertiary/aromatic N) is 2. The van der Waals surface area contributed by atoms with Crippen LogP contribution in [-0.4, -0.2) is 15.9 Å². The highest BCUT2D eigenvalue weighted by atomic mass is 16.1. The lowest BCUT2D eigenvalue weighted by Crippen LogP contribution is -2.14. The van der Waals surface area contributed by atoms with Crippen molar-refractivity contribution in [1.29, 1.82) is 0 Å². The van der Waals surface area contributed by atoms with Crippen molar-refractivity contribution < 1.29 is 4.79 Å². The van der Waals surface area contributed by atoms with Gasteiger partial charge >= 0.3 is 0 Å². The molecule has 5 nitrogen and oxygen atoms in total. The van der Waals surface area contributed by atoms with Crippen molar-refractivity contribution in [1.82, 2.24) is 9.97 Å². The summed E-state index contributed by atoms with van der Waals surface area (Å²) in [5.41, 5.74) is 8.17. The van der Waals surface area contributed by atoms with Gasteiger partial charge in [0.2, 0.25) is 0 Å². The molecule has 5 heteroatoms. The summed E-state index contributed by atoms with van der Waals surface area (Å²) < 4.78 is 0. The first-order chi connectivity index (χ1) is 8.56. The number of primary amides is 1. The summed E-state index contributed by atoms with van der Waals surface area (Å²) in [4.78, 5) is 19.7. The van der Waals surface area contributed by atoms with Crippen molar-refractivity contribution in [2.24, 2.45) is 5.73 Å². The van der Waals surface area contributed by atoms with Crippen LogP contribution in [0.3, 0.4) is 0 Å². The van der Waals surface area contributed by atoms with Gasteiger partial charge in [0.25, 0.3) is 5.91 Å². The number of rotatable bonds is 3. The largest absolute Gasteiger partial charge is 0.365 e. The number of pyridine rings is 2. The van der Waals surface area contributed by atoms with Gasteiger partial charge in [-0.05, 0) is 38.1 Å². The predicted octanol–water partition coefficient (Wildman–Crippen LogP) is 1.94. The molecule has 1 amide bonds. The molecule has 0 spiro atoms. The first-order valence-corrected chi connectivity index (χ1v) is 5.53. The van der Waals surface area contributed by atoms with E-state index in [4.69, 9.17) is 5.73 Å². The Bertz CT molecular complexity index is 578. The van der Waals surface area contributed by atoms with Crippen molar-refractivity contribution in [3.63, 3.8) is 0 Å². The minimum Gasteiger partial charge on any atom is -0.365 e. The zero-order valence-corrected chi connectivity index (χ0v) is 10.3. The van der Waals surface area contributed by atoms with Crippen molar-refractivity contribution >= 4 is 17.4 Å². The fourth-order valence-electron chi connectivity index (χ4n) is 1.53. The van der Waals surface area contributed by atoms with E-state index >= 15 is 0 Å². The van der Waals surface area contributed by atoms with E-state index in [0.717, 1.165) is 17.1 Å². The highest BCUT2D eigenvalue weighted by Gasteiger charge is 2.10. The quantitative estimate of drug-likeness (QED) is 0.861. The van der Waals surface area contributed by atoms with E-state index < -0.39 is 5.91 Å². The van der Waals surface area contributed by atoms with Crippen LogP contribution in [0.1, 0.15) is 21.7 Å². The molecular formula is C13H14N4O. The molecule has 0 aromatic carbocycles. The van der Waals surface area contributed by atoms with Crippen LogP contribution in [0.25, 0.3) is 0 Å². The Morgan fingerprint density at radius 1 is 1.17 bits per heavy atom. The molecule has 0 radical (unpaired) electrons. The van der Waals surface area contributed by atoms with E-state index in [-0.39, 0.29) is 0 Å². The second-order valence-electron chi connectivity index (χ2n) is 4.03. The molecule has 2 rings (SSSR count). The zero-order chi connectivity index (χ0) is 13.1. The van der Waals surface area contributed by atoms with Crippen LogP contribution in [0.2, 0.25) is 0 Å². The lowest BCUT2D eigenvalue weighted by Gasteiger charge is -2.09. The smallest absolute Gasteiger partial charge is 0.252 e. The zero-order valence-electron chi connectivity index (χ0n) is 10.3. The van der Waals surface area contributed by atoms with E-state index in [2.05, 4.69) is 15.3 Å². The molecule has 0 saturated heterocycles. The average Bonchev–Trinajstić information content (AvgIpc) is 2.32. The van der Waals surface area contributed by atoms with Crippen molar-refractivity contribution in [2.45, 2.75) is 13.8 Å². The number of nitrogens with two attached hydrogens (primary N) is 1. The highest BCUT2D eigenvalue weighted by molar-refractivity contribution is 5.98. The van der Waals surface area contributed by atoms with Crippen LogP contribution in [-0.2, 0) is 0 Å². The molecule has 92 valence electrons. The SMILES string of the molecule is Cc1ccc(Nc2nc(C)ccc2C(N)=O)cn1. The molecule has 0 aliphatic rings. The summed E-state index contributed by atoms with van der Waals surface area (Å²) in [7, 11) is 0. The summed E-state index contributed by atoms with van der Waals surface area (Å²) in [5.74, 6) is -0.0572. The van der Waals surface area contributed by atoms with Crippen LogP contribution < -0.4 is 11.1 Å². The van der Waals surface area contributed by atoms with Crippen LogP contribution in [0.5, 0.6) is 0 Å². The molecule has 2 aromatic rings. The maximum Gasteiger partial charge on any atom is 0.252 e. The molecular weight excluding hydrogens is 228 g/mol. The van der Waals surface area contributed by atoms with E-state index in [1.54, 1.807) is 18.3 Å². The molecule has 2 aromatic heterocycles. The van der Waals surface area contributed by atoms with Crippen molar-refractivity contribution in [2.75, 3.05) is 5.32 Å². The maximum absolute atomic E-state index is 11.3. The van der Waals surface area contributed by atoms with Crippen LogP contribution >= 0.6 is 0 Å². The van der Waals surface area contributed by atoms with Crippen LogP contribution in [0.15, 0.2) is 30.5 Å². The van der Waals surface area contributed by atoms with Gasteiger partial charge < -0.3 is 11.1 Å². The molecule has 3 N–H and O–H groups in total. The number of amides is 1. The van der Waals surface area contributed by atoms with E-state index in [9.17, 15) is 4.79 Å². The third-order valence-electron chi connectivity index (χ3n) is 2.47. The van der Waals surface area contributed by atoms with Gasteiger partial charge in [-0.3, -0.25) is 9.78 Å². The Balaban J connectivity index is 2.35. The average molecular weight is 242 g/mol. The summed E-state index contributed by atoms with van der Waals surface area (Å²) >= 11 is 0. The molecule has 0 unspecified atom stereocenters. The number of aryl methyl sites for hydroxylation is 2. The lowest BCUT2D eigenvalue weighted by atomic mass is 10.2. The molecule has 0 aliphatic carbocycles. The van der Waals surface area contributed by atoms with E-state index in [1.807, 2.05) is 26.0 Å². The van der Waals surface area contributed by atoms with Gasteiger partial charge in [-0.1, -0.05) is 0 Å². The standard InChI is InChI=1S/C13H14N4O/c1-8-3-5-10(7-15-8)17-13-11(12(14)18)6-4-9(2)16-13/h3-7H,1-2H3,(H2,14,18)(H,16,17). The highest BCUT2D eigenvalue weighted by Crippen LogP contribution is 2.18. The van der Waals surface area contributed by atoms with Gasteiger partial charge in [0, 0.05) is 11.4 Å². The topological polar surface area (TPSA) is 80.9 Å². The number of hydrogen-bond acceptors (Lipinski definition) is 4. The van der Waals surface area contributed by atoms with E-state index in [1.165, 1.54) is 0 Å². The Hall–Kier alpha value is -2.43. The third kappa shape index (κ3) is 2.63. The molecule has 18 heavy (non-hydrogen) atoms. The minimum atomic E-state index is -0.509. The Labute approximate surface area is 105 Å². The molecule has 0 saturated carbocycles. The van der Waals surface area contributed by atoms with E-state index in [0.29, 0.717) is 11.4 Å². The molecule has 0 bridgehead atoms. The molecule has 0 atom stereocenters. The number of carbonyl (C=O) groups excluding carboxylic acids is 1. The summed E-state index contributed by atoms with van der Waals surface area (Å²) in [6, 6.07) is 7.16. The second-order valence-corrected chi connectivity index (χ2v) is 4.03. The van der Waals surface area contributed by atoms with Gasteiger partial charge in [-0.2, -0.15) is 0 Å². The fraction of sp³-hybridized carbons (Fsp3) is 0.154. The second kappa shape index (κ2) is 4.83. The normalized spacial score (nSPS) is 10.1. The molecule has 2 heterocycles. The predicted molar refractivity (Wildman–Crippen MR) is 69.7 cm³/mol. The number of nitrogens with one attached hydrogen (secondary N) is 1. The van der Waals surface area contributed by atoms with Gasteiger partial charge in [0.1, 0.15) is 5.82 Å².